The number of fused-ring (bicyclic) bond motifs is 5. The van der Waals surface area contributed by atoms with Gasteiger partial charge in [-0.05, 0) is 86.7 Å². The van der Waals surface area contributed by atoms with E-state index in [2.05, 4.69) is 37.8 Å². The Bertz CT molecular complexity index is 2300. The van der Waals surface area contributed by atoms with Crippen LogP contribution >= 0.6 is 0 Å². The summed E-state index contributed by atoms with van der Waals surface area (Å²) in [7, 11) is 0.808. The first-order chi connectivity index (χ1) is 28.1. The maximum Gasteiger partial charge on any atom is 0.265 e. The number of ketones is 2. The van der Waals surface area contributed by atoms with Gasteiger partial charge in [0.1, 0.15) is 36.1 Å². The highest BCUT2D eigenvalue weighted by Crippen LogP contribution is 2.59. The van der Waals surface area contributed by atoms with Crippen LogP contribution in [0, 0.1) is 17.7 Å². The molecule has 4 aliphatic rings. The van der Waals surface area contributed by atoms with Crippen molar-refractivity contribution < 1.29 is 37.5 Å². The maximum absolute atomic E-state index is 17.2. The molecule has 10 nitrogen and oxygen atoms in total. The zero-order valence-corrected chi connectivity index (χ0v) is 36.5. The largest absolute Gasteiger partial charge is 0.507 e. The highest BCUT2D eigenvalue weighted by atomic mass is 28.4. The molecule has 0 radical (unpaired) electrons. The van der Waals surface area contributed by atoms with E-state index in [0.29, 0.717) is 47.7 Å². The number of hydrogen-bond acceptors (Lipinski definition) is 10. The minimum absolute atomic E-state index is 0.0121. The van der Waals surface area contributed by atoms with Gasteiger partial charge in [0, 0.05) is 41.3 Å². The molecule has 0 spiro atoms. The minimum Gasteiger partial charge on any atom is -0.507 e. The average molecular weight is 822 g/mol. The lowest BCUT2D eigenvalue weighted by atomic mass is 9.57. The number of halogens is 1. The molecule has 2 heterocycles. The Balaban J connectivity index is 1.32. The first-order valence-electron chi connectivity index (χ1n) is 20.9. The van der Waals surface area contributed by atoms with Crippen LogP contribution in [0.3, 0.4) is 0 Å². The number of nitrogens with zero attached hydrogens (tertiary/aromatic N) is 3. The molecule has 4 atom stereocenters. The van der Waals surface area contributed by atoms with Crippen molar-refractivity contribution in [3.63, 3.8) is 0 Å². The molecule has 1 fully saturated rings. The Morgan fingerprint density at radius 1 is 0.949 bits per heavy atom. The van der Waals surface area contributed by atoms with Crippen molar-refractivity contribution >= 4 is 25.6 Å². The van der Waals surface area contributed by atoms with Gasteiger partial charge >= 0.3 is 0 Å². The predicted molar refractivity (Wildman–Crippen MR) is 225 cm³/mol. The number of carbonyl (C=O) groups excluding carboxylic acids is 2. The molecule has 12 heteroatoms. The standard InChI is InChI=1S/C47H56FN3O7Si/c1-9-21-51-22-20-31-33(25-51)38(48)32-23-30-24-34-39(50(5)6)42-37(45(49-57-42)56-27-29-18-14-11-15-19-29)44(54)47(34,58-59(7,8)46(2,3)4)43(53)35(30)40(52)36(32)41(31)55-26-28-16-12-10-13-17-28/h10-19,30,34,39,52H,9,20-27H2,1-8H3/t30-,34-,39-,47-/m0/s1. The van der Waals surface area contributed by atoms with E-state index < -0.39 is 48.4 Å². The van der Waals surface area contributed by atoms with E-state index in [-0.39, 0.29) is 60.2 Å². The zero-order valence-electron chi connectivity index (χ0n) is 35.5. The minimum atomic E-state index is -2.95. The van der Waals surface area contributed by atoms with Gasteiger partial charge in [0.25, 0.3) is 5.88 Å². The Hall–Kier alpha value is -4.62. The third-order valence-electron chi connectivity index (χ3n) is 13.4. The van der Waals surface area contributed by atoms with Gasteiger partial charge in [-0.25, -0.2) is 4.39 Å². The lowest BCUT2D eigenvalue weighted by Gasteiger charge is -2.55. The Kier molecular flexibility index (Phi) is 10.8. The van der Waals surface area contributed by atoms with Crippen molar-refractivity contribution in [2.24, 2.45) is 11.8 Å². The molecule has 312 valence electrons. The summed E-state index contributed by atoms with van der Waals surface area (Å²) in [6.07, 6.45) is 1.85. The highest BCUT2D eigenvalue weighted by molar-refractivity contribution is 6.74. The predicted octanol–water partition coefficient (Wildman–Crippen LogP) is 9.03. The first kappa shape index (κ1) is 41.1. The summed E-state index contributed by atoms with van der Waals surface area (Å²) in [5.41, 5.74) is 1.70. The van der Waals surface area contributed by atoms with Crippen LogP contribution in [0.5, 0.6) is 11.6 Å². The quantitative estimate of drug-likeness (QED) is 0.116. The van der Waals surface area contributed by atoms with E-state index >= 15 is 14.0 Å². The van der Waals surface area contributed by atoms with Crippen molar-refractivity contribution in [3.8, 4) is 11.6 Å². The van der Waals surface area contributed by atoms with Gasteiger partial charge in [0.15, 0.2) is 19.7 Å². The monoisotopic (exact) mass is 821 g/mol. The molecule has 1 saturated carbocycles. The molecule has 0 unspecified atom stereocenters. The van der Waals surface area contributed by atoms with Crippen molar-refractivity contribution in [1.29, 1.82) is 0 Å². The van der Waals surface area contributed by atoms with Gasteiger partial charge < -0.3 is 23.5 Å². The molecule has 3 aromatic carbocycles. The summed E-state index contributed by atoms with van der Waals surface area (Å²) in [5, 5.41) is 16.6. The first-order valence-corrected chi connectivity index (χ1v) is 23.8. The van der Waals surface area contributed by atoms with Crippen LogP contribution in [0.15, 0.2) is 70.8 Å². The van der Waals surface area contributed by atoms with Crippen LogP contribution in [-0.2, 0) is 41.8 Å². The van der Waals surface area contributed by atoms with Crippen molar-refractivity contribution in [3.05, 3.63) is 117 Å². The van der Waals surface area contributed by atoms with Crippen LogP contribution in [0.4, 0.5) is 4.39 Å². The molecular weight excluding hydrogens is 766 g/mol. The number of hydrogen-bond donors (Lipinski definition) is 1. The van der Waals surface area contributed by atoms with Gasteiger partial charge in [0.05, 0.1) is 11.6 Å². The summed E-state index contributed by atoms with van der Waals surface area (Å²) in [5.74, 6) is -2.59. The fraction of sp³-hybridized carbons (Fsp3) is 0.468. The highest BCUT2D eigenvalue weighted by Gasteiger charge is 2.69. The van der Waals surface area contributed by atoms with Crippen molar-refractivity contribution in [2.75, 3.05) is 27.2 Å². The molecule has 8 rings (SSSR count). The van der Waals surface area contributed by atoms with Crippen molar-refractivity contribution in [2.45, 2.75) is 103 Å². The molecule has 0 saturated heterocycles. The fourth-order valence-corrected chi connectivity index (χ4v) is 11.0. The number of aromatic nitrogens is 1. The van der Waals surface area contributed by atoms with E-state index in [4.69, 9.17) is 18.4 Å². The summed E-state index contributed by atoms with van der Waals surface area (Å²) >= 11 is 0. The Labute approximate surface area is 347 Å². The normalized spacial score (nSPS) is 23.1. The third-order valence-corrected chi connectivity index (χ3v) is 17.9. The van der Waals surface area contributed by atoms with Gasteiger partial charge in [0.2, 0.25) is 11.6 Å². The van der Waals surface area contributed by atoms with Gasteiger partial charge in [-0.3, -0.25) is 19.4 Å². The third kappa shape index (κ3) is 6.85. The molecular formula is C47H56FN3O7Si. The molecule has 0 bridgehead atoms. The number of Topliss-reactive ketones (excluding diaryl/α,β-unsaturated/α-hetero) is 2. The van der Waals surface area contributed by atoms with Gasteiger partial charge in [-0.1, -0.05) is 88.4 Å². The fourth-order valence-electron chi connectivity index (χ4n) is 9.53. The lowest BCUT2D eigenvalue weighted by Crippen LogP contribution is -2.68. The second-order valence-electron chi connectivity index (χ2n) is 18.4. The van der Waals surface area contributed by atoms with E-state index in [9.17, 15) is 5.11 Å². The van der Waals surface area contributed by atoms with E-state index in [1.807, 2.05) is 92.8 Å². The molecule has 3 aliphatic carbocycles. The number of rotatable bonds is 11. The Morgan fingerprint density at radius 2 is 1.59 bits per heavy atom. The molecule has 4 aromatic rings. The van der Waals surface area contributed by atoms with Crippen LogP contribution in [0.1, 0.15) is 96.1 Å². The molecule has 0 amide bonds. The second-order valence-corrected chi connectivity index (χ2v) is 23.2. The van der Waals surface area contributed by atoms with E-state index in [0.717, 1.165) is 24.1 Å². The van der Waals surface area contributed by atoms with E-state index in [1.165, 1.54) is 0 Å². The molecule has 59 heavy (non-hydrogen) atoms. The smallest absolute Gasteiger partial charge is 0.265 e. The molecule has 1 N–H and O–H groups in total. The summed E-state index contributed by atoms with van der Waals surface area (Å²) < 4.78 is 43.4. The molecule has 1 aromatic heterocycles. The number of aliphatic hydroxyl groups excluding tert-OH is 1. The van der Waals surface area contributed by atoms with Gasteiger partial charge in [-0.15, -0.1) is 0 Å². The number of ether oxygens (including phenoxy) is 2. The second kappa shape index (κ2) is 15.4. The number of aliphatic hydroxyl groups is 1. The van der Waals surface area contributed by atoms with Gasteiger partial charge in [-0.2, -0.15) is 0 Å². The number of benzene rings is 3. The van der Waals surface area contributed by atoms with Crippen molar-refractivity contribution in [1.82, 2.24) is 15.0 Å². The lowest BCUT2D eigenvalue weighted by molar-refractivity contribution is -0.140. The number of carbonyl (C=O) groups is 2. The van der Waals surface area contributed by atoms with Crippen LogP contribution in [-0.4, -0.2) is 72.7 Å². The SMILES string of the molecule is CCCN1CCc2c(c(F)c3c(c2OCc2ccccc2)C(O)=C2C(=O)[C@]4(O[Si](C)(C)C(C)(C)C)C(=O)c5c(OCc6ccccc6)noc5[C@@H](N(C)C)[C@@H]4C[C@@H]2C3)C1. The van der Waals surface area contributed by atoms with Crippen LogP contribution in [0.25, 0.3) is 5.76 Å². The maximum atomic E-state index is 17.2. The summed E-state index contributed by atoms with van der Waals surface area (Å²) in [4.78, 5) is 35.7. The van der Waals surface area contributed by atoms with Crippen LogP contribution in [0.2, 0.25) is 18.1 Å². The zero-order chi connectivity index (χ0) is 42.0. The average Bonchev–Trinajstić information content (AvgIpc) is 3.62. The van der Waals surface area contributed by atoms with Crippen LogP contribution < -0.4 is 9.47 Å². The molecule has 1 aliphatic heterocycles. The summed E-state index contributed by atoms with van der Waals surface area (Å²) in [6, 6.07) is 18.6. The topological polar surface area (TPSA) is 115 Å². The Morgan fingerprint density at radius 3 is 2.20 bits per heavy atom. The summed E-state index contributed by atoms with van der Waals surface area (Å²) in [6.45, 7) is 14.6. The van der Waals surface area contributed by atoms with E-state index in [1.54, 1.807) is 0 Å².